The highest BCUT2D eigenvalue weighted by Crippen LogP contribution is 2.32. The van der Waals surface area contributed by atoms with Crippen molar-refractivity contribution in [1.29, 1.82) is 5.26 Å². The number of aliphatic hydroxyl groups is 1. The Balaban J connectivity index is 2.01. The van der Waals surface area contributed by atoms with Crippen molar-refractivity contribution in [3.63, 3.8) is 0 Å². The Morgan fingerprint density at radius 1 is 1.27 bits per heavy atom. The normalized spacial score (nSPS) is 19.2. The van der Waals surface area contributed by atoms with Gasteiger partial charge in [-0.2, -0.15) is 5.26 Å². The predicted octanol–water partition coefficient (Wildman–Crippen LogP) is 4.27. The number of carbonyl (C=O) groups excluding carboxylic acids is 1. The van der Waals surface area contributed by atoms with Gasteiger partial charge < -0.3 is 14.4 Å². The molecule has 1 N–H and O–H groups in total. The third kappa shape index (κ3) is 3.15. The van der Waals surface area contributed by atoms with Gasteiger partial charge in [-0.05, 0) is 48.9 Å². The second kappa shape index (κ2) is 7.00. The van der Waals surface area contributed by atoms with Gasteiger partial charge in [-0.15, -0.1) is 0 Å². The van der Waals surface area contributed by atoms with Crippen LogP contribution < -0.4 is 0 Å². The highest BCUT2D eigenvalue weighted by Gasteiger charge is 2.33. The van der Waals surface area contributed by atoms with Gasteiger partial charge >= 0.3 is 0 Å². The Kier molecular flexibility index (Phi) is 4.92. The molecule has 0 saturated heterocycles. The van der Waals surface area contributed by atoms with Crippen LogP contribution in [0.3, 0.4) is 0 Å². The number of hydrogen-bond acceptors (Lipinski definition) is 4. The molecule has 2 heterocycles. The van der Waals surface area contributed by atoms with Crippen LogP contribution in [0.5, 0.6) is 0 Å². The van der Waals surface area contributed by atoms with Crippen LogP contribution >= 0.6 is 23.2 Å². The van der Waals surface area contributed by atoms with Gasteiger partial charge in [0.15, 0.2) is 6.23 Å². The summed E-state index contributed by atoms with van der Waals surface area (Å²) in [5.74, 6) is 0.539. The van der Waals surface area contributed by atoms with Crippen LogP contribution in [0.4, 0.5) is 0 Å². The molecular formula is C19H14Cl2N2O3. The fourth-order valence-corrected chi connectivity index (χ4v) is 3.00. The van der Waals surface area contributed by atoms with E-state index < -0.39 is 12.1 Å². The van der Waals surface area contributed by atoms with Crippen molar-refractivity contribution in [2.45, 2.75) is 13.2 Å². The SMILES string of the molecule is CC1=C(C#N)C(=O)N(C)[C@H](O)/C1=C\c1ccc(-c2ccc(Cl)c(Cl)c2)o1. The Hall–Kier alpha value is -2.52. The molecule has 7 heteroatoms. The van der Waals surface area contributed by atoms with E-state index in [2.05, 4.69) is 0 Å². The van der Waals surface area contributed by atoms with E-state index in [0.717, 1.165) is 10.5 Å². The first-order chi connectivity index (χ1) is 12.3. The number of amides is 1. The van der Waals surface area contributed by atoms with Crippen molar-refractivity contribution in [3.05, 3.63) is 62.9 Å². The lowest BCUT2D eigenvalue weighted by atomic mass is 9.94. The average Bonchev–Trinajstić information content (AvgIpc) is 3.08. The second-order valence-corrected chi connectivity index (χ2v) is 6.65. The Morgan fingerprint density at radius 3 is 2.65 bits per heavy atom. The number of aliphatic hydroxyl groups excluding tert-OH is 1. The number of nitrogens with zero attached hydrogens (tertiary/aromatic N) is 2. The molecule has 1 aliphatic heterocycles. The van der Waals surface area contributed by atoms with Crippen LogP contribution in [-0.2, 0) is 4.79 Å². The Labute approximate surface area is 160 Å². The second-order valence-electron chi connectivity index (χ2n) is 5.83. The Bertz CT molecular complexity index is 998. The predicted molar refractivity (Wildman–Crippen MR) is 99.2 cm³/mol. The number of hydrogen-bond donors (Lipinski definition) is 1. The third-order valence-electron chi connectivity index (χ3n) is 4.23. The molecule has 26 heavy (non-hydrogen) atoms. The minimum Gasteiger partial charge on any atom is -0.457 e. The van der Waals surface area contributed by atoms with Gasteiger partial charge in [0, 0.05) is 18.2 Å². The first-order valence-electron chi connectivity index (χ1n) is 7.67. The van der Waals surface area contributed by atoms with Crippen molar-refractivity contribution in [3.8, 4) is 17.4 Å². The molecule has 1 amide bonds. The fraction of sp³-hybridized carbons (Fsp3) is 0.158. The van der Waals surface area contributed by atoms with Crippen molar-refractivity contribution >= 4 is 35.2 Å². The Morgan fingerprint density at radius 2 is 2.00 bits per heavy atom. The number of halogens is 2. The van der Waals surface area contributed by atoms with Crippen LogP contribution in [0.1, 0.15) is 12.7 Å². The number of carbonyl (C=O) groups is 1. The molecule has 0 unspecified atom stereocenters. The molecule has 1 aliphatic rings. The van der Waals surface area contributed by atoms with Crippen molar-refractivity contribution in [2.24, 2.45) is 0 Å². The fourth-order valence-electron chi connectivity index (χ4n) is 2.70. The third-order valence-corrected chi connectivity index (χ3v) is 4.97. The summed E-state index contributed by atoms with van der Waals surface area (Å²) in [6.45, 7) is 1.63. The smallest absolute Gasteiger partial charge is 0.266 e. The molecule has 0 radical (unpaired) electrons. The van der Waals surface area contributed by atoms with Crippen LogP contribution in [0, 0.1) is 11.3 Å². The summed E-state index contributed by atoms with van der Waals surface area (Å²) >= 11 is 12.0. The maximum Gasteiger partial charge on any atom is 0.266 e. The first-order valence-corrected chi connectivity index (χ1v) is 8.42. The molecule has 132 valence electrons. The van der Waals surface area contributed by atoms with Crippen LogP contribution in [0.25, 0.3) is 17.4 Å². The lowest BCUT2D eigenvalue weighted by Crippen LogP contribution is -2.43. The molecule has 1 atom stereocenters. The van der Waals surface area contributed by atoms with E-state index >= 15 is 0 Å². The zero-order valence-electron chi connectivity index (χ0n) is 14.0. The van der Waals surface area contributed by atoms with Gasteiger partial charge in [-0.1, -0.05) is 23.2 Å². The number of benzene rings is 1. The van der Waals surface area contributed by atoms with Crippen molar-refractivity contribution < 1.29 is 14.3 Å². The van der Waals surface area contributed by atoms with Crippen LogP contribution in [0.15, 0.2) is 51.5 Å². The highest BCUT2D eigenvalue weighted by atomic mass is 35.5. The van der Waals surface area contributed by atoms with Gasteiger partial charge in [-0.25, -0.2) is 0 Å². The van der Waals surface area contributed by atoms with E-state index in [9.17, 15) is 15.2 Å². The van der Waals surface area contributed by atoms with Gasteiger partial charge in [0.25, 0.3) is 5.91 Å². The van der Waals surface area contributed by atoms with E-state index in [4.69, 9.17) is 27.6 Å². The number of likely N-dealkylation sites (N-methyl/N-ethyl adjacent to an activating group) is 1. The summed E-state index contributed by atoms with van der Waals surface area (Å²) in [5.41, 5.74) is 1.61. The highest BCUT2D eigenvalue weighted by molar-refractivity contribution is 6.42. The number of rotatable bonds is 2. The first kappa shape index (κ1) is 18.3. The lowest BCUT2D eigenvalue weighted by Gasteiger charge is -2.31. The standard InChI is InChI=1S/C19H14Cl2N2O3/c1-10-13(18(24)23(2)19(25)14(10)9-22)8-12-4-6-17(26-12)11-3-5-15(20)16(21)7-11/h3-8,18,24H,1-2H3/b13-8-/t18-/m1/s1. The molecule has 0 bridgehead atoms. The summed E-state index contributed by atoms with van der Waals surface area (Å²) < 4.78 is 5.80. The van der Waals surface area contributed by atoms with Gasteiger partial charge in [0.05, 0.1) is 10.0 Å². The molecule has 3 rings (SSSR count). The van der Waals surface area contributed by atoms with E-state index in [1.54, 1.807) is 43.3 Å². The maximum absolute atomic E-state index is 12.0. The quantitative estimate of drug-likeness (QED) is 0.832. The molecule has 0 fully saturated rings. The summed E-state index contributed by atoms with van der Waals surface area (Å²) in [6.07, 6.45) is 0.458. The van der Waals surface area contributed by atoms with Crippen molar-refractivity contribution in [1.82, 2.24) is 4.90 Å². The van der Waals surface area contributed by atoms with E-state index in [1.807, 2.05) is 6.07 Å². The topological polar surface area (TPSA) is 77.5 Å². The van der Waals surface area contributed by atoms with E-state index in [0.29, 0.717) is 32.7 Å². The summed E-state index contributed by atoms with van der Waals surface area (Å²) in [5, 5.41) is 20.4. The molecule has 0 spiro atoms. The maximum atomic E-state index is 12.0. The molecule has 5 nitrogen and oxygen atoms in total. The summed E-state index contributed by atoms with van der Waals surface area (Å²) in [7, 11) is 1.44. The van der Waals surface area contributed by atoms with Gasteiger partial charge in [-0.3, -0.25) is 4.79 Å². The zero-order valence-corrected chi connectivity index (χ0v) is 15.5. The van der Waals surface area contributed by atoms with Gasteiger partial charge in [0.2, 0.25) is 0 Å². The molecule has 1 aromatic heterocycles. The van der Waals surface area contributed by atoms with Crippen LogP contribution in [-0.4, -0.2) is 29.2 Å². The lowest BCUT2D eigenvalue weighted by molar-refractivity contribution is -0.133. The largest absolute Gasteiger partial charge is 0.457 e. The van der Waals surface area contributed by atoms with E-state index in [-0.39, 0.29) is 5.57 Å². The summed E-state index contributed by atoms with van der Waals surface area (Å²) in [6, 6.07) is 10.5. The molecule has 1 aromatic carbocycles. The molecule has 0 saturated carbocycles. The zero-order chi connectivity index (χ0) is 19.0. The minimum atomic E-state index is -1.15. The average molecular weight is 389 g/mol. The van der Waals surface area contributed by atoms with Crippen LogP contribution in [0.2, 0.25) is 10.0 Å². The van der Waals surface area contributed by atoms with Gasteiger partial charge in [0.1, 0.15) is 23.2 Å². The minimum absolute atomic E-state index is 0.000289. The molecule has 0 aliphatic carbocycles. The molecule has 2 aromatic rings. The number of nitriles is 1. The summed E-state index contributed by atoms with van der Waals surface area (Å²) in [4.78, 5) is 13.1. The molecular weight excluding hydrogens is 375 g/mol. The van der Waals surface area contributed by atoms with Crippen molar-refractivity contribution in [2.75, 3.05) is 7.05 Å². The number of furan rings is 1. The van der Waals surface area contributed by atoms with E-state index in [1.165, 1.54) is 7.05 Å². The monoisotopic (exact) mass is 388 g/mol.